The minimum atomic E-state index is -4.07. The molecule has 1 aromatic heterocycles. The molecule has 0 aliphatic carbocycles. The number of nitrogens with zero attached hydrogens (tertiary/aromatic N) is 2. The standard InChI is InChI=1S/C20H26FN3O3S/c1-13-8-9-16(12-17(13)21)22-28(26,27)19-15(3)23(4)14(2)18(19)20(25)24-10-6-5-7-11-24/h8-9,12,22H,5-7,10-11H2,1-4H3. The van der Waals surface area contributed by atoms with E-state index in [0.717, 1.165) is 25.3 Å². The van der Waals surface area contributed by atoms with Crippen molar-refractivity contribution in [2.45, 2.75) is 44.9 Å². The van der Waals surface area contributed by atoms with E-state index in [9.17, 15) is 17.6 Å². The van der Waals surface area contributed by atoms with Gasteiger partial charge in [0, 0.05) is 31.5 Å². The number of sulfonamides is 1. The number of anilines is 1. The quantitative estimate of drug-likeness (QED) is 0.843. The van der Waals surface area contributed by atoms with Crippen molar-refractivity contribution in [1.82, 2.24) is 9.47 Å². The number of piperidine rings is 1. The van der Waals surface area contributed by atoms with Crippen LogP contribution in [0.1, 0.15) is 46.6 Å². The van der Waals surface area contributed by atoms with E-state index < -0.39 is 15.8 Å². The molecule has 1 aliphatic rings. The Kier molecular flexibility index (Phi) is 5.52. The molecule has 6 nitrogen and oxygen atoms in total. The number of aromatic nitrogens is 1. The van der Waals surface area contributed by atoms with Crippen LogP contribution in [0, 0.1) is 26.6 Å². The smallest absolute Gasteiger partial charge is 0.264 e. The topological polar surface area (TPSA) is 71.4 Å². The fraction of sp³-hybridized carbons (Fsp3) is 0.450. The van der Waals surface area contributed by atoms with Crippen LogP contribution >= 0.6 is 0 Å². The van der Waals surface area contributed by atoms with Crippen molar-refractivity contribution in [3.05, 3.63) is 46.5 Å². The third-order valence-corrected chi connectivity index (χ3v) is 7.02. The molecule has 1 N–H and O–H groups in total. The Morgan fingerprint density at radius 3 is 2.32 bits per heavy atom. The second-order valence-corrected chi connectivity index (χ2v) is 8.98. The molecule has 8 heteroatoms. The summed E-state index contributed by atoms with van der Waals surface area (Å²) in [5, 5.41) is 0. The van der Waals surface area contributed by atoms with Gasteiger partial charge >= 0.3 is 0 Å². The summed E-state index contributed by atoms with van der Waals surface area (Å²) >= 11 is 0. The lowest BCUT2D eigenvalue weighted by Gasteiger charge is -2.27. The van der Waals surface area contributed by atoms with Gasteiger partial charge in [0.1, 0.15) is 10.7 Å². The summed E-state index contributed by atoms with van der Waals surface area (Å²) in [6.45, 7) is 6.28. The molecule has 0 radical (unpaired) electrons. The predicted octanol–water partition coefficient (Wildman–Crippen LogP) is 3.52. The zero-order valence-electron chi connectivity index (χ0n) is 16.7. The number of hydrogen-bond donors (Lipinski definition) is 1. The third-order valence-electron chi connectivity index (χ3n) is 5.47. The van der Waals surface area contributed by atoms with E-state index in [-0.39, 0.29) is 22.1 Å². The van der Waals surface area contributed by atoms with Crippen LogP contribution in [0.25, 0.3) is 0 Å². The Labute approximate surface area is 165 Å². The first-order valence-corrected chi connectivity index (χ1v) is 10.9. The molecule has 1 saturated heterocycles. The highest BCUT2D eigenvalue weighted by atomic mass is 32.2. The molecule has 0 bridgehead atoms. The average molecular weight is 408 g/mol. The first-order valence-electron chi connectivity index (χ1n) is 9.37. The van der Waals surface area contributed by atoms with Crippen LogP contribution < -0.4 is 4.72 Å². The number of amides is 1. The second kappa shape index (κ2) is 7.58. The van der Waals surface area contributed by atoms with Crippen LogP contribution in [0.3, 0.4) is 0 Å². The summed E-state index contributed by atoms with van der Waals surface area (Å²) in [5.74, 6) is -0.762. The molecule has 3 rings (SSSR count). The number of benzene rings is 1. The minimum absolute atomic E-state index is 0.0379. The number of hydrogen-bond acceptors (Lipinski definition) is 3. The van der Waals surface area contributed by atoms with Crippen LogP contribution in [0.4, 0.5) is 10.1 Å². The Balaban J connectivity index is 2.05. The Hall–Kier alpha value is -2.35. The molecule has 2 aromatic rings. The molecule has 152 valence electrons. The Bertz CT molecular complexity index is 1020. The average Bonchev–Trinajstić information content (AvgIpc) is 2.89. The van der Waals surface area contributed by atoms with Gasteiger partial charge in [0.15, 0.2) is 0 Å². The van der Waals surface area contributed by atoms with Gasteiger partial charge in [-0.25, -0.2) is 12.8 Å². The number of rotatable bonds is 4. The summed E-state index contributed by atoms with van der Waals surface area (Å²) in [5.41, 5.74) is 1.82. The Morgan fingerprint density at radius 1 is 1.07 bits per heavy atom. The van der Waals surface area contributed by atoms with Crippen molar-refractivity contribution in [3.63, 3.8) is 0 Å². The first kappa shape index (κ1) is 20.4. The van der Waals surface area contributed by atoms with Crippen molar-refractivity contribution >= 4 is 21.6 Å². The lowest BCUT2D eigenvalue weighted by Crippen LogP contribution is -2.36. The van der Waals surface area contributed by atoms with E-state index in [2.05, 4.69) is 4.72 Å². The van der Waals surface area contributed by atoms with Crippen molar-refractivity contribution in [2.24, 2.45) is 7.05 Å². The lowest BCUT2D eigenvalue weighted by molar-refractivity contribution is 0.0720. The normalized spacial score (nSPS) is 15.0. The summed E-state index contributed by atoms with van der Waals surface area (Å²) in [6, 6.07) is 4.16. The monoisotopic (exact) mass is 407 g/mol. The van der Waals surface area contributed by atoms with Crippen LogP contribution in [-0.2, 0) is 17.1 Å². The molecular weight excluding hydrogens is 381 g/mol. The molecule has 1 aliphatic heterocycles. The summed E-state index contributed by atoms with van der Waals surface area (Å²) < 4.78 is 44.3. The molecule has 1 amide bonds. The third kappa shape index (κ3) is 3.65. The molecule has 0 spiro atoms. The van der Waals surface area contributed by atoms with E-state index >= 15 is 0 Å². The van der Waals surface area contributed by atoms with Gasteiger partial charge < -0.3 is 9.47 Å². The van der Waals surface area contributed by atoms with Crippen molar-refractivity contribution in [2.75, 3.05) is 17.8 Å². The van der Waals surface area contributed by atoms with E-state index in [1.165, 1.54) is 12.1 Å². The maximum atomic E-state index is 13.9. The van der Waals surface area contributed by atoms with E-state index in [1.54, 1.807) is 37.3 Å². The summed E-state index contributed by atoms with van der Waals surface area (Å²) in [6.07, 6.45) is 2.90. The van der Waals surface area contributed by atoms with E-state index in [1.807, 2.05) is 0 Å². The molecule has 0 saturated carbocycles. The highest BCUT2D eigenvalue weighted by molar-refractivity contribution is 7.92. The number of carbonyl (C=O) groups is 1. The summed E-state index contributed by atoms with van der Waals surface area (Å²) in [7, 11) is -2.34. The van der Waals surface area contributed by atoms with Gasteiger partial charge in [-0.05, 0) is 57.7 Å². The molecule has 28 heavy (non-hydrogen) atoms. The maximum absolute atomic E-state index is 13.9. The minimum Gasteiger partial charge on any atom is -0.350 e. The van der Waals surface area contributed by atoms with Crippen LogP contribution in [-0.4, -0.2) is 36.9 Å². The van der Waals surface area contributed by atoms with Crippen molar-refractivity contribution < 1.29 is 17.6 Å². The van der Waals surface area contributed by atoms with Gasteiger partial charge in [-0.1, -0.05) is 6.07 Å². The van der Waals surface area contributed by atoms with E-state index in [4.69, 9.17) is 0 Å². The van der Waals surface area contributed by atoms with E-state index in [0.29, 0.717) is 30.0 Å². The van der Waals surface area contributed by atoms with Crippen molar-refractivity contribution in [3.8, 4) is 0 Å². The number of aryl methyl sites for hydroxylation is 1. The molecule has 0 unspecified atom stereocenters. The number of carbonyl (C=O) groups excluding carboxylic acids is 1. The maximum Gasteiger partial charge on any atom is 0.264 e. The zero-order valence-corrected chi connectivity index (χ0v) is 17.5. The molecule has 1 fully saturated rings. The highest BCUT2D eigenvalue weighted by Crippen LogP contribution is 2.30. The number of nitrogens with one attached hydrogen (secondary N) is 1. The fourth-order valence-electron chi connectivity index (χ4n) is 3.62. The highest BCUT2D eigenvalue weighted by Gasteiger charge is 2.33. The SMILES string of the molecule is Cc1ccc(NS(=O)(=O)c2c(C(=O)N3CCCCC3)c(C)n(C)c2C)cc1F. The first-order chi connectivity index (χ1) is 13.1. The molecule has 2 heterocycles. The molecular formula is C20H26FN3O3S. The van der Waals surface area contributed by atoms with Gasteiger partial charge in [0.25, 0.3) is 15.9 Å². The predicted molar refractivity (Wildman–Crippen MR) is 107 cm³/mol. The van der Waals surface area contributed by atoms with Crippen molar-refractivity contribution in [1.29, 1.82) is 0 Å². The Morgan fingerprint density at radius 2 is 1.71 bits per heavy atom. The van der Waals surface area contributed by atoms with Gasteiger partial charge in [-0.3, -0.25) is 9.52 Å². The number of halogens is 1. The van der Waals surface area contributed by atoms with Gasteiger partial charge in [-0.2, -0.15) is 0 Å². The molecule has 0 atom stereocenters. The van der Waals surface area contributed by atoms with Gasteiger partial charge in [0.05, 0.1) is 11.3 Å². The largest absolute Gasteiger partial charge is 0.350 e. The second-order valence-electron chi connectivity index (χ2n) is 7.36. The van der Waals surface area contributed by atoms with Gasteiger partial charge in [0.2, 0.25) is 0 Å². The van der Waals surface area contributed by atoms with Crippen LogP contribution in [0.2, 0.25) is 0 Å². The van der Waals surface area contributed by atoms with Crippen LogP contribution in [0.15, 0.2) is 23.1 Å². The van der Waals surface area contributed by atoms with Crippen LogP contribution in [0.5, 0.6) is 0 Å². The van der Waals surface area contributed by atoms with Gasteiger partial charge in [-0.15, -0.1) is 0 Å². The summed E-state index contributed by atoms with van der Waals surface area (Å²) in [4.78, 5) is 14.8. The fourth-order valence-corrected chi connectivity index (χ4v) is 5.18. The molecule has 1 aromatic carbocycles. The number of likely N-dealkylation sites (tertiary alicyclic amines) is 1. The zero-order chi connectivity index (χ0) is 20.6. The lowest BCUT2D eigenvalue weighted by atomic mass is 10.1.